The van der Waals surface area contributed by atoms with Gasteiger partial charge in [-0.1, -0.05) is 37.9 Å². The van der Waals surface area contributed by atoms with Gasteiger partial charge in [-0.2, -0.15) is 0 Å². The van der Waals surface area contributed by atoms with Crippen LogP contribution in [0.3, 0.4) is 0 Å². The number of nitrogens with zero attached hydrogens (tertiary/aromatic N) is 1. The molecule has 0 atom stereocenters. The minimum absolute atomic E-state index is 0.0773. The van der Waals surface area contributed by atoms with Gasteiger partial charge >= 0.3 is 5.97 Å². The molecular formula is C23H31NO5Si. The van der Waals surface area contributed by atoms with Gasteiger partial charge in [0.1, 0.15) is 6.54 Å². The molecule has 1 aliphatic heterocycles. The summed E-state index contributed by atoms with van der Waals surface area (Å²) in [7, 11) is -1.34. The molecule has 3 rings (SSSR count). The number of carbonyl (C=O) groups is 2. The van der Waals surface area contributed by atoms with Crippen LogP contribution in [0, 0.1) is 0 Å². The van der Waals surface area contributed by atoms with Crippen molar-refractivity contribution in [1.29, 1.82) is 0 Å². The monoisotopic (exact) mass is 429 g/mol. The van der Waals surface area contributed by atoms with Crippen molar-refractivity contribution >= 4 is 25.4 Å². The van der Waals surface area contributed by atoms with Crippen LogP contribution in [0.2, 0.25) is 25.7 Å². The van der Waals surface area contributed by atoms with Crippen LogP contribution in [0.25, 0.3) is 5.57 Å². The van der Waals surface area contributed by atoms with E-state index in [4.69, 9.17) is 14.2 Å². The largest absolute Gasteiger partial charge is 0.465 e. The fourth-order valence-electron chi connectivity index (χ4n) is 4.02. The molecule has 162 valence electrons. The number of hydrogen-bond donors (Lipinski definition) is 0. The topological polar surface area (TPSA) is 65.1 Å². The van der Waals surface area contributed by atoms with E-state index in [-0.39, 0.29) is 25.1 Å². The molecule has 2 aliphatic rings. The van der Waals surface area contributed by atoms with E-state index in [1.807, 2.05) is 23.1 Å². The highest BCUT2D eigenvalue weighted by molar-refractivity contribution is 6.76. The summed E-state index contributed by atoms with van der Waals surface area (Å²) in [5.41, 5.74) is 3.40. The minimum Gasteiger partial charge on any atom is -0.465 e. The predicted octanol–water partition coefficient (Wildman–Crippen LogP) is 4.25. The van der Waals surface area contributed by atoms with Crippen molar-refractivity contribution in [3.8, 4) is 11.5 Å². The molecule has 0 N–H and O–H groups in total. The average molecular weight is 430 g/mol. The number of fused-ring (bicyclic) bond motifs is 1. The average Bonchev–Trinajstić information content (AvgIpc) is 3.25. The quantitative estimate of drug-likeness (QED) is 0.332. The van der Waals surface area contributed by atoms with Crippen LogP contribution in [0.5, 0.6) is 11.5 Å². The van der Waals surface area contributed by atoms with Crippen molar-refractivity contribution in [2.75, 3.05) is 26.5 Å². The van der Waals surface area contributed by atoms with Gasteiger partial charge in [-0.15, -0.1) is 0 Å². The molecule has 6 nitrogen and oxygen atoms in total. The van der Waals surface area contributed by atoms with Gasteiger partial charge in [0.15, 0.2) is 17.3 Å². The van der Waals surface area contributed by atoms with Gasteiger partial charge in [-0.25, -0.2) is 0 Å². The van der Waals surface area contributed by atoms with Gasteiger partial charge in [0.2, 0.25) is 6.79 Å². The number of ketones is 1. The van der Waals surface area contributed by atoms with E-state index in [1.54, 1.807) is 6.92 Å². The molecule has 0 amide bonds. The smallest absolute Gasteiger partial charge is 0.325 e. The number of hydrogen-bond acceptors (Lipinski definition) is 6. The molecule has 0 aromatic heterocycles. The highest BCUT2D eigenvalue weighted by atomic mass is 28.3. The van der Waals surface area contributed by atoms with Gasteiger partial charge in [0.05, 0.1) is 6.61 Å². The van der Waals surface area contributed by atoms with Crippen molar-refractivity contribution in [3.63, 3.8) is 0 Å². The van der Waals surface area contributed by atoms with Crippen LogP contribution in [0.15, 0.2) is 36.0 Å². The third-order valence-corrected chi connectivity index (χ3v) is 6.58. The van der Waals surface area contributed by atoms with Crippen molar-refractivity contribution in [2.45, 2.75) is 45.5 Å². The summed E-state index contributed by atoms with van der Waals surface area (Å²) in [4.78, 5) is 27.1. The first-order valence-electron chi connectivity index (χ1n) is 10.4. The summed E-state index contributed by atoms with van der Waals surface area (Å²) in [5.74, 6) is 1.10. The van der Waals surface area contributed by atoms with E-state index >= 15 is 0 Å². The molecule has 1 aromatic carbocycles. The molecule has 7 heteroatoms. The summed E-state index contributed by atoms with van der Waals surface area (Å²) < 4.78 is 16.1. The maximum absolute atomic E-state index is 12.8. The summed E-state index contributed by atoms with van der Waals surface area (Å²) in [6, 6.07) is 6.52. The Morgan fingerprint density at radius 2 is 1.90 bits per heavy atom. The predicted molar refractivity (Wildman–Crippen MR) is 119 cm³/mol. The number of benzene rings is 1. The molecule has 30 heavy (non-hydrogen) atoms. The second-order valence-corrected chi connectivity index (χ2v) is 14.4. The minimum atomic E-state index is -1.34. The van der Waals surface area contributed by atoms with Crippen LogP contribution >= 0.6 is 0 Å². The fourth-order valence-corrected chi connectivity index (χ4v) is 5.64. The molecular weight excluding hydrogens is 398 g/mol. The third kappa shape index (κ3) is 5.33. The number of carbonyl (C=O) groups excluding carboxylic acids is 2. The Labute approximate surface area is 179 Å². The standard InChI is InChI=1S/C23H31NO5Si/c1-6-27-22(26)13-24(12-16(2)14-30(3,4)5)18-8-9-19(25)23(18)17-7-10-20-21(11-17)29-15-28-20/h7,10-11H,2,6,8-9,12-15H2,1,3-5H3. The first kappa shape index (κ1) is 22.1. The Kier molecular flexibility index (Phi) is 6.70. The first-order valence-corrected chi connectivity index (χ1v) is 14.1. The van der Waals surface area contributed by atoms with Crippen LogP contribution in [0.4, 0.5) is 0 Å². The van der Waals surface area contributed by atoms with E-state index in [1.165, 1.54) is 0 Å². The SMILES string of the molecule is C=C(CN(CC(=O)OCC)C1=C(c2ccc3c(c2)OCO3)C(=O)CC1)C[Si](C)(C)C. The zero-order valence-corrected chi connectivity index (χ0v) is 19.4. The number of allylic oxidation sites excluding steroid dienone is 2. The summed E-state index contributed by atoms with van der Waals surface area (Å²) >= 11 is 0. The zero-order valence-electron chi connectivity index (χ0n) is 18.4. The molecule has 0 spiro atoms. The Morgan fingerprint density at radius 3 is 2.60 bits per heavy atom. The Bertz CT molecular complexity index is 884. The van der Waals surface area contributed by atoms with Crippen LogP contribution in [-0.4, -0.2) is 51.2 Å². The Hall–Kier alpha value is -2.54. The number of rotatable bonds is 9. The van der Waals surface area contributed by atoms with E-state index in [9.17, 15) is 9.59 Å². The van der Waals surface area contributed by atoms with Gasteiger partial charge < -0.3 is 19.1 Å². The van der Waals surface area contributed by atoms with Gasteiger partial charge in [-0.05, 0) is 37.1 Å². The molecule has 1 aromatic rings. The van der Waals surface area contributed by atoms with Crippen molar-refractivity contribution < 1.29 is 23.8 Å². The molecule has 0 unspecified atom stereocenters. The van der Waals surface area contributed by atoms with Crippen LogP contribution < -0.4 is 9.47 Å². The zero-order chi connectivity index (χ0) is 21.9. The van der Waals surface area contributed by atoms with Gasteiger partial charge in [0, 0.05) is 32.3 Å². The van der Waals surface area contributed by atoms with E-state index in [2.05, 4.69) is 26.2 Å². The Morgan fingerprint density at radius 1 is 1.17 bits per heavy atom. The number of Topliss-reactive ketones (excluding diaryl/α,β-unsaturated/α-hetero) is 1. The second-order valence-electron chi connectivity index (χ2n) is 8.96. The highest BCUT2D eigenvalue weighted by Gasteiger charge is 2.31. The molecule has 0 bridgehead atoms. The summed E-state index contributed by atoms with van der Waals surface area (Å²) in [6.45, 7) is 14.1. The number of esters is 1. The summed E-state index contributed by atoms with van der Waals surface area (Å²) in [5, 5.41) is 0. The van der Waals surface area contributed by atoms with Gasteiger partial charge in [0.25, 0.3) is 0 Å². The lowest BCUT2D eigenvalue weighted by Gasteiger charge is -2.29. The normalized spacial score (nSPS) is 15.5. The lowest BCUT2D eigenvalue weighted by Crippen LogP contribution is -2.33. The van der Waals surface area contributed by atoms with Crippen molar-refractivity contribution in [1.82, 2.24) is 4.90 Å². The lowest BCUT2D eigenvalue weighted by atomic mass is 10.0. The first-order chi connectivity index (χ1) is 14.2. The molecule has 1 aliphatic carbocycles. The van der Waals surface area contributed by atoms with Gasteiger partial charge in [-0.3, -0.25) is 9.59 Å². The van der Waals surface area contributed by atoms with Crippen LogP contribution in [-0.2, 0) is 14.3 Å². The fraction of sp³-hybridized carbons (Fsp3) is 0.478. The molecule has 0 saturated carbocycles. The van der Waals surface area contributed by atoms with Crippen LogP contribution in [0.1, 0.15) is 25.3 Å². The molecule has 0 radical (unpaired) electrons. The van der Waals surface area contributed by atoms with E-state index in [0.717, 1.165) is 22.9 Å². The maximum atomic E-state index is 12.8. The highest BCUT2D eigenvalue weighted by Crippen LogP contribution is 2.39. The van der Waals surface area contributed by atoms with Crippen molar-refractivity contribution in [3.05, 3.63) is 41.6 Å². The third-order valence-electron chi connectivity index (χ3n) is 5.02. The van der Waals surface area contributed by atoms with Crippen molar-refractivity contribution in [2.24, 2.45) is 0 Å². The second kappa shape index (κ2) is 9.08. The van der Waals surface area contributed by atoms with E-state index < -0.39 is 8.07 Å². The maximum Gasteiger partial charge on any atom is 0.325 e. The molecule has 0 saturated heterocycles. The lowest BCUT2D eigenvalue weighted by molar-refractivity contribution is -0.143. The molecule has 0 fully saturated rings. The molecule has 1 heterocycles. The van der Waals surface area contributed by atoms with E-state index in [0.29, 0.717) is 43.1 Å². The number of ether oxygens (including phenoxy) is 3. The summed E-state index contributed by atoms with van der Waals surface area (Å²) in [6.07, 6.45) is 1.03. The Balaban J connectivity index is 1.95.